The largest absolute Gasteiger partial charge is 0.381 e. The van der Waals surface area contributed by atoms with Gasteiger partial charge < -0.3 is 15.8 Å². The van der Waals surface area contributed by atoms with E-state index in [4.69, 9.17) is 10.5 Å². The number of rotatable bonds is 2. The third-order valence-electron chi connectivity index (χ3n) is 3.13. The van der Waals surface area contributed by atoms with Crippen molar-refractivity contribution < 1.29 is 9.53 Å². The fourth-order valence-electron chi connectivity index (χ4n) is 1.96. The van der Waals surface area contributed by atoms with Crippen LogP contribution < -0.4 is 11.1 Å². The van der Waals surface area contributed by atoms with E-state index >= 15 is 0 Å². The SMILES string of the molecule is Cc1ccc(C#CCN)cc1NC(=O)C1CCOC1. The van der Waals surface area contributed by atoms with Gasteiger partial charge in [-0.05, 0) is 31.0 Å². The second-order valence-electron chi connectivity index (χ2n) is 4.59. The van der Waals surface area contributed by atoms with Crippen molar-refractivity contribution in [1.29, 1.82) is 0 Å². The fourth-order valence-corrected chi connectivity index (χ4v) is 1.96. The lowest BCUT2D eigenvalue weighted by molar-refractivity contribution is -0.119. The summed E-state index contributed by atoms with van der Waals surface area (Å²) < 4.78 is 5.23. The van der Waals surface area contributed by atoms with Gasteiger partial charge in [0.05, 0.1) is 19.1 Å². The Kier molecular flexibility index (Phi) is 4.56. The van der Waals surface area contributed by atoms with Crippen molar-refractivity contribution in [1.82, 2.24) is 0 Å². The lowest BCUT2D eigenvalue weighted by Crippen LogP contribution is -2.23. The Labute approximate surface area is 113 Å². The summed E-state index contributed by atoms with van der Waals surface area (Å²) in [5, 5.41) is 2.95. The average Bonchev–Trinajstić information content (AvgIpc) is 2.93. The standard InChI is InChI=1S/C15H18N2O2/c1-11-4-5-12(3-2-7-16)9-14(11)17-15(18)13-6-8-19-10-13/h4-5,9,13H,6-8,10,16H2,1H3,(H,17,18). The number of benzene rings is 1. The van der Waals surface area contributed by atoms with Crippen molar-refractivity contribution in [3.63, 3.8) is 0 Å². The second-order valence-corrected chi connectivity index (χ2v) is 4.59. The van der Waals surface area contributed by atoms with E-state index in [0.717, 1.165) is 23.2 Å². The first kappa shape index (κ1) is 13.6. The van der Waals surface area contributed by atoms with Crippen LogP contribution in [0.2, 0.25) is 0 Å². The van der Waals surface area contributed by atoms with Crippen LogP contribution in [-0.4, -0.2) is 25.7 Å². The number of hydrogen-bond acceptors (Lipinski definition) is 3. The van der Waals surface area contributed by atoms with Gasteiger partial charge in [-0.25, -0.2) is 0 Å². The first-order valence-corrected chi connectivity index (χ1v) is 6.39. The van der Waals surface area contributed by atoms with Gasteiger partial charge in [-0.15, -0.1) is 0 Å². The van der Waals surface area contributed by atoms with E-state index < -0.39 is 0 Å². The highest BCUT2D eigenvalue weighted by Gasteiger charge is 2.23. The van der Waals surface area contributed by atoms with Crippen LogP contribution >= 0.6 is 0 Å². The molecule has 1 aromatic carbocycles. The predicted molar refractivity (Wildman–Crippen MR) is 74.7 cm³/mol. The van der Waals surface area contributed by atoms with Crippen molar-refractivity contribution in [3.8, 4) is 11.8 Å². The van der Waals surface area contributed by atoms with Crippen molar-refractivity contribution >= 4 is 11.6 Å². The van der Waals surface area contributed by atoms with E-state index in [2.05, 4.69) is 17.2 Å². The molecule has 100 valence electrons. The van der Waals surface area contributed by atoms with Crippen LogP contribution in [0, 0.1) is 24.7 Å². The smallest absolute Gasteiger partial charge is 0.229 e. The number of aryl methyl sites for hydroxylation is 1. The van der Waals surface area contributed by atoms with Gasteiger partial charge in [-0.3, -0.25) is 4.79 Å². The molecule has 2 rings (SSSR count). The summed E-state index contributed by atoms with van der Waals surface area (Å²) in [6.07, 6.45) is 0.789. The second kappa shape index (κ2) is 6.37. The van der Waals surface area contributed by atoms with Gasteiger partial charge in [0.15, 0.2) is 0 Å². The number of nitrogens with one attached hydrogen (secondary N) is 1. The average molecular weight is 258 g/mol. The molecule has 0 spiro atoms. The molecule has 1 saturated heterocycles. The van der Waals surface area contributed by atoms with E-state index in [1.54, 1.807) is 0 Å². The van der Waals surface area contributed by atoms with Crippen LogP contribution in [0.3, 0.4) is 0 Å². The van der Waals surface area contributed by atoms with Crippen LogP contribution in [-0.2, 0) is 9.53 Å². The number of anilines is 1. The van der Waals surface area contributed by atoms with E-state index in [0.29, 0.717) is 19.8 Å². The zero-order valence-electron chi connectivity index (χ0n) is 11.0. The molecule has 0 aliphatic carbocycles. The predicted octanol–water partition coefficient (Wildman–Crippen LogP) is 1.28. The van der Waals surface area contributed by atoms with Gasteiger partial charge in [-0.1, -0.05) is 17.9 Å². The molecule has 1 amide bonds. The molecule has 1 unspecified atom stereocenters. The van der Waals surface area contributed by atoms with Gasteiger partial charge in [0, 0.05) is 17.9 Å². The topological polar surface area (TPSA) is 64.3 Å². The summed E-state index contributed by atoms with van der Waals surface area (Å²) in [5.74, 6) is 5.74. The third-order valence-corrected chi connectivity index (χ3v) is 3.13. The Balaban J connectivity index is 2.12. The summed E-state index contributed by atoms with van der Waals surface area (Å²) in [7, 11) is 0. The maximum Gasteiger partial charge on any atom is 0.229 e. The Morgan fingerprint density at radius 1 is 1.58 bits per heavy atom. The summed E-state index contributed by atoms with van der Waals surface area (Å²) >= 11 is 0. The molecular weight excluding hydrogens is 240 g/mol. The van der Waals surface area contributed by atoms with Crippen LogP contribution in [0.5, 0.6) is 0 Å². The minimum Gasteiger partial charge on any atom is -0.381 e. The molecule has 1 aliphatic rings. The summed E-state index contributed by atoms with van der Waals surface area (Å²) in [6, 6.07) is 5.75. The Bertz CT molecular complexity index is 523. The van der Waals surface area contributed by atoms with Crippen molar-refractivity contribution in [3.05, 3.63) is 29.3 Å². The van der Waals surface area contributed by atoms with E-state index in [1.165, 1.54) is 0 Å². The first-order valence-electron chi connectivity index (χ1n) is 6.39. The molecule has 1 heterocycles. The van der Waals surface area contributed by atoms with Gasteiger partial charge in [0.1, 0.15) is 0 Å². The lowest BCUT2D eigenvalue weighted by Gasteiger charge is -2.12. The molecule has 4 nitrogen and oxygen atoms in total. The van der Waals surface area contributed by atoms with Crippen molar-refractivity contribution in [2.24, 2.45) is 11.7 Å². The number of amides is 1. The molecule has 0 saturated carbocycles. The highest BCUT2D eigenvalue weighted by Crippen LogP contribution is 2.20. The molecular formula is C15H18N2O2. The normalized spacial score (nSPS) is 17.7. The van der Waals surface area contributed by atoms with E-state index in [9.17, 15) is 4.79 Å². The Morgan fingerprint density at radius 3 is 3.11 bits per heavy atom. The quantitative estimate of drug-likeness (QED) is 0.785. The van der Waals surface area contributed by atoms with Crippen LogP contribution in [0.25, 0.3) is 0 Å². The van der Waals surface area contributed by atoms with Gasteiger partial charge in [-0.2, -0.15) is 0 Å². The number of carbonyl (C=O) groups is 1. The van der Waals surface area contributed by atoms with Crippen LogP contribution in [0.15, 0.2) is 18.2 Å². The molecule has 0 bridgehead atoms. The molecule has 1 fully saturated rings. The molecule has 3 N–H and O–H groups in total. The molecule has 0 aromatic heterocycles. The zero-order chi connectivity index (χ0) is 13.7. The first-order chi connectivity index (χ1) is 9.20. The lowest BCUT2D eigenvalue weighted by atomic mass is 10.1. The minimum absolute atomic E-state index is 0.0181. The van der Waals surface area contributed by atoms with E-state index in [-0.39, 0.29) is 11.8 Å². The van der Waals surface area contributed by atoms with Crippen molar-refractivity contribution in [2.75, 3.05) is 25.1 Å². The summed E-state index contributed by atoms with van der Waals surface area (Å²) in [4.78, 5) is 12.0. The minimum atomic E-state index is -0.0433. The molecule has 1 atom stereocenters. The highest BCUT2D eigenvalue weighted by molar-refractivity contribution is 5.93. The van der Waals surface area contributed by atoms with E-state index in [1.807, 2.05) is 25.1 Å². The number of nitrogens with two attached hydrogens (primary N) is 1. The van der Waals surface area contributed by atoms with Gasteiger partial charge >= 0.3 is 0 Å². The van der Waals surface area contributed by atoms with Gasteiger partial charge in [0.2, 0.25) is 5.91 Å². The Hall–Kier alpha value is -1.83. The fraction of sp³-hybridized carbons (Fsp3) is 0.400. The molecule has 4 heteroatoms. The summed E-state index contributed by atoms with van der Waals surface area (Å²) in [6.45, 7) is 3.46. The molecule has 0 radical (unpaired) electrons. The number of hydrogen-bond donors (Lipinski definition) is 2. The number of carbonyl (C=O) groups excluding carboxylic acids is 1. The van der Waals surface area contributed by atoms with Crippen molar-refractivity contribution in [2.45, 2.75) is 13.3 Å². The zero-order valence-corrected chi connectivity index (χ0v) is 11.0. The Morgan fingerprint density at radius 2 is 2.42 bits per heavy atom. The number of ether oxygens (including phenoxy) is 1. The third kappa shape index (κ3) is 3.57. The molecule has 19 heavy (non-hydrogen) atoms. The molecule has 1 aromatic rings. The van der Waals surface area contributed by atoms with Crippen LogP contribution in [0.4, 0.5) is 5.69 Å². The van der Waals surface area contributed by atoms with Gasteiger partial charge in [0.25, 0.3) is 0 Å². The molecule has 1 aliphatic heterocycles. The maximum atomic E-state index is 12.0. The monoisotopic (exact) mass is 258 g/mol. The maximum absolute atomic E-state index is 12.0. The summed E-state index contributed by atoms with van der Waals surface area (Å²) in [5.41, 5.74) is 8.03. The highest BCUT2D eigenvalue weighted by atomic mass is 16.5. The van der Waals surface area contributed by atoms with Crippen LogP contribution in [0.1, 0.15) is 17.5 Å².